The number of ether oxygens (including phenoxy) is 2. The summed E-state index contributed by atoms with van der Waals surface area (Å²) in [6.07, 6.45) is -4.37. The average molecular weight is 479 g/mol. The minimum atomic E-state index is -4.41. The molecule has 10 heteroatoms. The summed E-state index contributed by atoms with van der Waals surface area (Å²) in [6.45, 7) is 4.00. The Morgan fingerprint density at radius 3 is 2.41 bits per heavy atom. The van der Waals surface area contributed by atoms with E-state index in [0.717, 1.165) is 17.7 Å². The first-order chi connectivity index (χ1) is 16.1. The molecule has 0 radical (unpaired) electrons. The van der Waals surface area contributed by atoms with Crippen molar-refractivity contribution in [2.75, 3.05) is 20.8 Å². The number of hydrogen-bond acceptors (Lipinski definition) is 5. The molecule has 7 nitrogen and oxygen atoms in total. The molecule has 0 aliphatic carbocycles. The molecule has 1 atom stereocenters. The summed E-state index contributed by atoms with van der Waals surface area (Å²) in [7, 11) is 3.10. The molecule has 2 amide bonds. The summed E-state index contributed by atoms with van der Waals surface area (Å²) >= 11 is 0. The maximum Gasteiger partial charge on any atom is 0.416 e. The van der Waals surface area contributed by atoms with Gasteiger partial charge in [0.2, 0.25) is 0 Å². The Labute approximate surface area is 196 Å². The molecule has 0 bridgehead atoms. The highest BCUT2D eigenvalue weighted by atomic mass is 19.4. The normalized spacial score (nSPS) is 15.5. The Kier molecular flexibility index (Phi) is 7.90. The van der Waals surface area contributed by atoms with Crippen LogP contribution < -0.4 is 14.8 Å². The van der Waals surface area contributed by atoms with E-state index in [-0.39, 0.29) is 25.2 Å². The molecule has 2 aromatic rings. The van der Waals surface area contributed by atoms with Gasteiger partial charge in [-0.05, 0) is 49.7 Å². The molecule has 1 N–H and O–H groups in total. The van der Waals surface area contributed by atoms with Gasteiger partial charge in [0.15, 0.2) is 17.6 Å². The molecule has 1 aliphatic rings. The van der Waals surface area contributed by atoms with Crippen molar-refractivity contribution in [2.45, 2.75) is 45.1 Å². The molecular formula is C24H28F3N3O4. The van der Waals surface area contributed by atoms with Crippen molar-refractivity contribution >= 4 is 11.7 Å². The molecule has 0 aromatic heterocycles. The minimum absolute atomic E-state index is 0.106. The third-order valence-corrected chi connectivity index (χ3v) is 5.23. The van der Waals surface area contributed by atoms with Crippen molar-refractivity contribution in [3.05, 3.63) is 59.2 Å². The highest BCUT2D eigenvalue weighted by Gasteiger charge is 2.31. The molecule has 0 saturated heterocycles. The van der Waals surface area contributed by atoms with Gasteiger partial charge in [-0.2, -0.15) is 13.2 Å². The number of methoxy groups -OCH3 is 2. The quantitative estimate of drug-likeness (QED) is 0.589. The fourth-order valence-electron chi connectivity index (χ4n) is 3.54. The molecule has 0 saturated carbocycles. The van der Waals surface area contributed by atoms with Gasteiger partial charge in [-0.25, -0.2) is 4.79 Å². The zero-order valence-electron chi connectivity index (χ0n) is 19.5. The molecule has 34 heavy (non-hydrogen) atoms. The standard InChI is InChI=1S/C24H28F3N3O4/c1-15(2)28-23(31)30(13-16-5-8-18(9-6-16)24(25,26)27)14-19-12-20(29-34-19)17-7-10-21(32-3)22(11-17)33-4/h5-11,15,19H,12-14H2,1-4H3,(H,28,31). The number of alkyl halides is 3. The van der Waals surface area contributed by atoms with Gasteiger partial charge >= 0.3 is 12.2 Å². The largest absolute Gasteiger partial charge is 0.493 e. The van der Waals surface area contributed by atoms with E-state index in [0.29, 0.717) is 29.2 Å². The number of urea groups is 1. The first-order valence-electron chi connectivity index (χ1n) is 10.8. The number of nitrogens with one attached hydrogen (secondary N) is 1. The minimum Gasteiger partial charge on any atom is -0.493 e. The predicted molar refractivity (Wildman–Crippen MR) is 121 cm³/mol. The molecule has 0 fully saturated rings. The molecule has 184 valence electrons. The van der Waals surface area contributed by atoms with Crippen molar-refractivity contribution < 1.29 is 32.3 Å². The van der Waals surface area contributed by atoms with Gasteiger partial charge in [0.1, 0.15) is 0 Å². The van der Waals surface area contributed by atoms with E-state index in [1.807, 2.05) is 19.9 Å². The van der Waals surface area contributed by atoms with Crippen LogP contribution in [0.25, 0.3) is 0 Å². The first-order valence-corrected chi connectivity index (χ1v) is 10.8. The second-order valence-corrected chi connectivity index (χ2v) is 8.22. The number of hydrogen-bond donors (Lipinski definition) is 1. The van der Waals surface area contributed by atoms with Crippen molar-refractivity contribution in [1.82, 2.24) is 10.2 Å². The SMILES string of the molecule is COc1ccc(C2=NOC(CN(Cc3ccc(C(F)(F)F)cc3)C(=O)NC(C)C)C2)cc1OC. The average Bonchev–Trinajstić information content (AvgIpc) is 3.26. The van der Waals surface area contributed by atoms with E-state index in [1.165, 1.54) is 17.0 Å². The Morgan fingerprint density at radius 2 is 1.82 bits per heavy atom. The molecule has 3 rings (SSSR count). The van der Waals surface area contributed by atoms with E-state index in [9.17, 15) is 18.0 Å². The highest BCUT2D eigenvalue weighted by Crippen LogP contribution is 2.31. The third-order valence-electron chi connectivity index (χ3n) is 5.23. The lowest BCUT2D eigenvalue weighted by Gasteiger charge is -2.26. The maximum atomic E-state index is 12.9. The summed E-state index contributed by atoms with van der Waals surface area (Å²) in [4.78, 5) is 19.9. The van der Waals surface area contributed by atoms with Crippen molar-refractivity contribution in [1.29, 1.82) is 0 Å². The Balaban J connectivity index is 1.70. The number of nitrogens with zero attached hydrogens (tertiary/aromatic N) is 2. The summed E-state index contributed by atoms with van der Waals surface area (Å²) in [5, 5.41) is 7.00. The van der Waals surface area contributed by atoms with Crippen LogP contribution in [-0.2, 0) is 17.6 Å². The van der Waals surface area contributed by atoms with E-state index in [4.69, 9.17) is 14.3 Å². The first kappa shape index (κ1) is 25.2. The van der Waals surface area contributed by atoms with Gasteiger partial charge in [-0.3, -0.25) is 0 Å². The van der Waals surface area contributed by atoms with E-state index in [2.05, 4.69) is 10.5 Å². The van der Waals surface area contributed by atoms with Crippen LogP contribution in [0.4, 0.5) is 18.0 Å². The number of oxime groups is 1. The van der Waals surface area contributed by atoms with E-state index >= 15 is 0 Å². The third kappa shape index (κ3) is 6.33. The fraction of sp³-hybridized carbons (Fsp3) is 0.417. The van der Waals surface area contributed by atoms with Crippen LogP contribution in [0.3, 0.4) is 0 Å². The number of carbonyl (C=O) groups is 1. The molecule has 1 unspecified atom stereocenters. The summed E-state index contributed by atoms with van der Waals surface area (Å²) in [6, 6.07) is 9.75. The smallest absolute Gasteiger partial charge is 0.416 e. The van der Waals surface area contributed by atoms with Crippen LogP contribution in [-0.4, -0.2) is 49.6 Å². The molecule has 2 aromatic carbocycles. The van der Waals surface area contributed by atoms with Gasteiger partial charge in [0.25, 0.3) is 0 Å². The number of benzene rings is 2. The Bertz CT molecular complexity index is 1020. The fourth-order valence-corrected chi connectivity index (χ4v) is 3.54. The van der Waals surface area contributed by atoms with Gasteiger partial charge in [-0.1, -0.05) is 17.3 Å². The predicted octanol–water partition coefficient (Wildman–Crippen LogP) is 4.84. The Morgan fingerprint density at radius 1 is 1.15 bits per heavy atom. The monoisotopic (exact) mass is 479 g/mol. The second kappa shape index (κ2) is 10.7. The zero-order chi connectivity index (χ0) is 24.9. The summed E-state index contributed by atoms with van der Waals surface area (Å²) in [5.41, 5.74) is 1.35. The summed E-state index contributed by atoms with van der Waals surface area (Å²) in [5.74, 6) is 1.15. The molecule has 1 heterocycles. The van der Waals surface area contributed by atoms with Crippen molar-refractivity contribution in [3.63, 3.8) is 0 Å². The van der Waals surface area contributed by atoms with E-state index < -0.39 is 17.8 Å². The molecular weight excluding hydrogens is 451 g/mol. The number of carbonyl (C=O) groups excluding carboxylic acids is 1. The number of halogens is 3. The van der Waals surface area contributed by atoms with Crippen molar-refractivity contribution in [3.8, 4) is 11.5 Å². The zero-order valence-corrected chi connectivity index (χ0v) is 19.5. The van der Waals surface area contributed by atoms with Gasteiger partial charge < -0.3 is 24.5 Å². The van der Waals surface area contributed by atoms with Crippen LogP contribution in [0.5, 0.6) is 11.5 Å². The van der Waals surface area contributed by atoms with Crippen LogP contribution >= 0.6 is 0 Å². The number of rotatable bonds is 8. The van der Waals surface area contributed by atoms with Gasteiger partial charge in [-0.15, -0.1) is 0 Å². The maximum absolute atomic E-state index is 12.9. The van der Waals surface area contributed by atoms with Crippen LogP contribution in [0.2, 0.25) is 0 Å². The topological polar surface area (TPSA) is 72.4 Å². The highest BCUT2D eigenvalue weighted by molar-refractivity contribution is 6.01. The molecule has 0 spiro atoms. The van der Waals surface area contributed by atoms with Crippen molar-refractivity contribution in [2.24, 2.45) is 5.16 Å². The lowest BCUT2D eigenvalue weighted by Crippen LogP contribution is -2.45. The lowest BCUT2D eigenvalue weighted by atomic mass is 10.0. The van der Waals surface area contributed by atoms with Gasteiger partial charge in [0.05, 0.1) is 32.0 Å². The van der Waals surface area contributed by atoms with Crippen LogP contribution in [0.1, 0.15) is 37.0 Å². The molecule has 1 aliphatic heterocycles. The second-order valence-electron chi connectivity index (χ2n) is 8.22. The Hall–Kier alpha value is -3.43. The van der Waals surface area contributed by atoms with Crippen LogP contribution in [0, 0.1) is 0 Å². The van der Waals surface area contributed by atoms with Gasteiger partial charge in [0, 0.05) is 24.6 Å². The lowest BCUT2D eigenvalue weighted by molar-refractivity contribution is -0.137. The summed E-state index contributed by atoms with van der Waals surface area (Å²) < 4.78 is 49.2. The van der Waals surface area contributed by atoms with Crippen LogP contribution in [0.15, 0.2) is 47.6 Å². The van der Waals surface area contributed by atoms with E-state index in [1.54, 1.807) is 26.4 Å². The number of amides is 2.